The highest BCUT2D eigenvalue weighted by atomic mass is 32.2. The number of carbonyl (C=O) groups is 1. The minimum Gasteiger partial charge on any atom is -0.490 e. The molecule has 2 unspecified atom stereocenters. The predicted molar refractivity (Wildman–Crippen MR) is 108 cm³/mol. The third-order valence-electron chi connectivity index (χ3n) is 4.47. The minimum absolute atomic E-state index is 0.130. The van der Waals surface area contributed by atoms with Gasteiger partial charge >= 0.3 is 5.97 Å². The van der Waals surface area contributed by atoms with Gasteiger partial charge in [0.15, 0.2) is 11.5 Å². The van der Waals surface area contributed by atoms with Crippen molar-refractivity contribution in [2.75, 3.05) is 19.7 Å². The first-order chi connectivity index (χ1) is 13.8. The van der Waals surface area contributed by atoms with E-state index in [4.69, 9.17) is 14.2 Å². The highest BCUT2D eigenvalue weighted by molar-refractivity contribution is 7.89. The summed E-state index contributed by atoms with van der Waals surface area (Å²) in [6, 6.07) is 12.6. The van der Waals surface area contributed by atoms with Crippen LogP contribution >= 0.6 is 0 Å². The molecule has 1 saturated heterocycles. The fraction of sp³-hybridized carbons (Fsp3) is 0.381. The zero-order chi connectivity index (χ0) is 21.0. The van der Waals surface area contributed by atoms with Gasteiger partial charge in [-0.05, 0) is 57.2 Å². The first-order valence-electron chi connectivity index (χ1n) is 9.51. The summed E-state index contributed by atoms with van der Waals surface area (Å²) in [6.07, 6.45) is -0.346. The van der Waals surface area contributed by atoms with Crippen LogP contribution in [-0.4, -0.2) is 50.6 Å². The molecule has 1 heterocycles. The monoisotopic (exact) mass is 419 g/mol. The second-order valence-electron chi connectivity index (χ2n) is 6.87. The van der Waals surface area contributed by atoms with Gasteiger partial charge in [0.2, 0.25) is 10.0 Å². The van der Waals surface area contributed by atoms with E-state index in [0.29, 0.717) is 31.2 Å². The highest BCUT2D eigenvalue weighted by Gasteiger charge is 2.32. The topological polar surface area (TPSA) is 82.1 Å². The third-order valence-corrected chi connectivity index (χ3v) is 6.31. The summed E-state index contributed by atoms with van der Waals surface area (Å²) in [6.45, 7) is 6.57. The number of hydrogen-bond donors (Lipinski definition) is 0. The Hall–Kier alpha value is -2.42. The van der Waals surface area contributed by atoms with Crippen LogP contribution in [0.15, 0.2) is 53.4 Å². The lowest BCUT2D eigenvalue weighted by atomic mass is 10.2. The van der Waals surface area contributed by atoms with Crippen molar-refractivity contribution in [3.63, 3.8) is 0 Å². The molecule has 2 atom stereocenters. The molecule has 1 fully saturated rings. The largest absolute Gasteiger partial charge is 0.490 e. The lowest BCUT2D eigenvalue weighted by molar-refractivity contribution is -0.0440. The molecule has 0 radical (unpaired) electrons. The van der Waals surface area contributed by atoms with E-state index >= 15 is 0 Å². The molecule has 1 aliphatic rings. The molecule has 0 bridgehead atoms. The van der Waals surface area contributed by atoms with Gasteiger partial charge in [-0.15, -0.1) is 0 Å². The molecule has 2 aromatic carbocycles. The summed E-state index contributed by atoms with van der Waals surface area (Å²) in [5.74, 6) is 0.195. The number of sulfonamides is 1. The molecule has 156 valence electrons. The van der Waals surface area contributed by atoms with Crippen molar-refractivity contribution < 1.29 is 27.4 Å². The number of carbonyl (C=O) groups excluding carboxylic acids is 1. The average Bonchev–Trinajstić information content (AvgIpc) is 2.69. The van der Waals surface area contributed by atoms with Gasteiger partial charge in [-0.25, -0.2) is 13.2 Å². The standard InChI is InChI=1S/C21H25NO6S/c1-4-26-19-7-5-6-8-20(19)28-21(23)17-9-11-18(12-10-17)29(24,25)22-13-15(2)27-16(3)14-22/h5-12,15-16H,4,13-14H2,1-3H3. The molecule has 3 rings (SSSR count). The molecule has 0 N–H and O–H groups in total. The smallest absolute Gasteiger partial charge is 0.343 e. The Morgan fingerprint density at radius 1 is 1.03 bits per heavy atom. The number of esters is 1. The van der Waals surface area contributed by atoms with Crippen molar-refractivity contribution in [1.29, 1.82) is 0 Å². The Labute approximate surface area is 171 Å². The molecule has 0 spiro atoms. The minimum atomic E-state index is -3.66. The molecule has 29 heavy (non-hydrogen) atoms. The Bertz CT molecular complexity index is 947. The van der Waals surface area contributed by atoms with Gasteiger partial charge in [-0.1, -0.05) is 12.1 Å². The number of morpholine rings is 1. The van der Waals surface area contributed by atoms with Crippen molar-refractivity contribution >= 4 is 16.0 Å². The van der Waals surface area contributed by atoms with Crippen LogP contribution in [0.5, 0.6) is 11.5 Å². The number of nitrogens with zero attached hydrogens (tertiary/aromatic N) is 1. The summed E-state index contributed by atoms with van der Waals surface area (Å²) in [5.41, 5.74) is 0.249. The zero-order valence-corrected chi connectivity index (χ0v) is 17.5. The second-order valence-corrected chi connectivity index (χ2v) is 8.81. The van der Waals surface area contributed by atoms with Crippen LogP contribution in [0.3, 0.4) is 0 Å². The van der Waals surface area contributed by atoms with Crippen LogP contribution in [0.25, 0.3) is 0 Å². The van der Waals surface area contributed by atoms with Crippen LogP contribution in [-0.2, 0) is 14.8 Å². The number of rotatable bonds is 6. The number of hydrogen-bond acceptors (Lipinski definition) is 6. The Kier molecular flexibility index (Phi) is 6.56. The Morgan fingerprint density at radius 2 is 1.62 bits per heavy atom. The van der Waals surface area contributed by atoms with Crippen LogP contribution < -0.4 is 9.47 Å². The van der Waals surface area contributed by atoms with Crippen LogP contribution in [0, 0.1) is 0 Å². The molecule has 0 saturated carbocycles. The van der Waals surface area contributed by atoms with Gasteiger partial charge in [-0.2, -0.15) is 4.31 Å². The fourth-order valence-electron chi connectivity index (χ4n) is 3.21. The molecule has 2 aromatic rings. The molecular formula is C21H25NO6S. The molecular weight excluding hydrogens is 394 g/mol. The maximum atomic E-state index is 12.9. The van der Waals surface area contributed by atoms with Crippen LogP contribution in [0.2, 0.25) is 0 Å². The van der Waals surface area contributed by atoms with E-state index in [9.17, 15) is 13.2 Å². The van der Waals surface area contributed by atoms with E-state index in [-0.39, 0.29) is 22.7 Å². The summed E-state index contributed by atoms with van der Waals surface area (Å²) in [7, 11) is -3.66. The predicted octanol–water partition coefficient (Wildman–Crippen LogP) is 3.10. The zero-order valence-electron chi connectivity index (χ0n) is 16.7. The normalized spacial score (nSPS) is 20.2. The number of para-hydroxylation sites is 2. The first-order valence-corrected chi connectivity index (χ1v) is 10.9. The number of benzene rings is 2. The lowest BCUT2D eigenvalue weighted by Crippen LogP contribution is -2.48. The van der Waals surface area contributed by atoms with Crippen LogP contribution in [0.1, 0.15) is 31.1 Å². The van der Waals surface area contributed by atoms with Gasteiger partial charge in [0.05, 0.1) is 29.3 Å². The summed E-state index contributed by atoms with van der Waals surface area (Å²) < 4.78 is 43.7. The van der Waals surface area contributed by atoms with Gasteiger partial charge in [0, 0.05) is 13.1 Å². The highest BCUT2D eigenvalue weighted by Crippen LogP contribution is 2.27. The average molecular weight is 419 g/mol. The molecule has 0 amide bonds. The van der Waals surface area contributed by atoms with E-state index in [2.05, 4.69) is 0 Å². The van der Waals surface area contributed by atoms with Gasteiger partial charge in [0.25, 0.3) is 0 Å². The van der Waals surface area contributed by atoms with E-state index < -0.39 is 16.0 Å². The van der Waals surface area contributed by atoms with Gasteiger partial charge in [0.1, 0.15) is 0 Å². The van der Waals surface area contributed by atoms with Crippen molar-refractivity contribution in [3.05, 3.63) is 54.1 Å². The van der Waals surface area contributed by atoms with Crippen molar-refractivity contribution in [3.8, 4) is 11.5 Å². The van der Waals surface area contributed by atoms with Gasteiger partial charge in [-0.3, -0.25) is 0 Å². The van der Waals surface area contributed by atoms with Gasteiger partial charge < -0.3 is 14.2 Å². The maximum Gasteiger partial charge on any atom is 0.343 e. The molecule has 0 aliphatic carbocycles. The van der Waals surface area contributed by atoms with E-state index in [1.807, 2.05) is 20.8 Å². The van der Waals surface area contributed by atoms with E-state index in [0.717, 1.165) is 0 Å². The third kappa shape index (κ3) is 4.95. The number of ether oxygens (including phenoxy) is 3. The fourth-order valence-corrected chi connectivity index (χ4v) is 4.80. The summed E-state index contributed by atoms with van der Waals surface area (Å²) >= 11 is 0. The van der Waals surface area contributed by atoms with Crippen molar-refractivity contribution in [1.82, 2.24) is 4.31 Å². The SMILES string of the molecule is CCOc1ccccc1OC(=O)c1ccc(S(=O)(=O)N2CC(C)OC(C)C2)cc1. The molecule has 1 aliphatic heterocycles. The Balaban J connectivity index is 1.75. The van der Waals surface area contributed by atoms with E-state index in [1.165, 1.54) is 28.6 Å². The quantitative estimate of drug-likeness (QED) is 0.529. The molecule has 8 heteroatoms. The van der Waals surface area contributed by atoms with Crippen molar-refractivity contribution in [2.24, 2.45) is 0 Å². The van der Waals surface area contributed by atoms with Crippen LogP contribution in [0.4, 0.5) is 0 Å². The maximum absolute atomic E-state index is 12.9. The molecule has 7 nitrogen and oxygen atoms in total. The summed E-state index contributed by atoms with van der Waals surface area (Å²) in [5, 5.41) is 0. The lowest BCUT2D eigenvalue weighted by Gasteiger charge is -2.34. The summed E-state index contributed by atoms with van der Waals surface area (Å²) in [4.78, 5) is 12.6. The van der Waals surface area contributed by atoms with Crippen molar-refractivity contribution in [2.45, 2.75) is 37.9 Å². The van der Waals surface area contributed by atoms with E-state index in [1.54, 1.807) is 24.3 Å². The first kappa shape index (κ1) is 21.3. The second kappa shape index (κ2) is 8.94. The molecule has 0 aromatic heterocycles. The Morgan fingerprint density at radius 3 is 2.21 bits per heavy atom.